The van der Waals surface area contributed by atoms with E-state index in [1.807, 2.05) is 0 Å². The van der Waals surface area contributed by atoms with Gasteiger partial charge >= 0.3 is 11.9 Å². The van der Waals surface area contributed by atoms with Crippen LogP contribution in [0.1, 0.15) is 54.4 Å². The number of hydrogen-bond donors (Lipinski definition) is 2. The van der Waals surface area contributed by atoms with Gasteiger partial charge in [0.25, 0.3) is 0 Å². The van der Waals surface area contributed by atoms with Crippen LogP contribution in [0.2, 0.25) is 0 Å². The number of carbonyl (C=O) groups excluding carboxylic acids is 2. The van der Waals surface area contributed by atoms with Crippen molar-refractivity contribution in [3.05, 3.63) is 51.8 Å². The average molecular weight is 586 g/mol. The van der Waals surface area contributed by atoms with Crippen molar-refractivity contribution in [2.24, 2.45) is 0 Å². The van der Waals surface area contributed by atoms with E-state index in [0.29, 0.717) is 41.0 Å². The van der Waals surface area contributed by atoms with Gasteiger partial charge in [0.15, 0.2) is 34.6 Å². The molecular weight excluding hydrogens is 553 g/mol. The van der Waals surface area contributed by atoms with Crippen molar-refractivity contribution in [1.82, 2.24) is 4.90 Å². The lowest BCUT2D eigenvalue weighted by Crippen LogP contribution is -2.25. The molecule has 0 bridgehead atoms. The van der Waals surface area contributed by atoms with Crippen molar-refractivity contribution in [1.29, 1.82) is 0 Å². The molecule has 0 aromatic heterocycles. The van der Waals surface area contributed by atoms with Crippen LogP contribution in [0.4, 0.5) is 4.39 Å². The minimum atomic E-state index is -1.07. The summed E-state index contributed by atoms with van der Waals surface area (Å²) >= 11 is 0. The zero-order valence-corrected chi connectivity index (χ0v) is 23.4. The number of fused-ring (bicyclic) bond motifs is 2. The minimum Gasteiger partial charge on any atom is -0.493 e. The molecule has 1 heterocycles. The van der Waals surface area contributed by atoms with E-state index in [1.54, 1.807) is 24.3 Å². The zero-order chi connectivity index (χ0) is 30.4. The summed E-state index contributed by atoms with van der Waals surface area (Å²) in [5.74, 6) is -2.24. The predicted octanol–water partition coefficient (Wildman–Crippen LogP) is 3.77. The van der Waals surface area contributed by atoms with E-state index in [1.165, 1.54) is 19.1 Å². The summed E-state index contributed by atoms with van der Waals surface area (Å²) in [5, 5.41) is 17.7. The number of amides is 1. The Morgan fingerprint density at radius 2 is 1.50 bits per heavy atom. The van der Waals surface area contributed by atoms with Crippen LogP contribution in [0, 0.1) is 5.82 Å². The number of aliphatic carboxylic acids is 2. The van der Waals surface area contributed by atoms with Gasteiger partial charge in [0, 0.05) is 49.9 Å². The smallest absolute Gasteiger partial charge is 0.303 e. The van der Waals surface area contributed by atoms with Crippen molar-refractivity contribution in [3.63, 3.8) is 0 Å². The van der Waals surface area contributed by atoms with Crippen LogP contribution >= 0.6 is 0 Å². The summed E-state index contributed by atoms with van der Waals surface area (Å²) < 4.78 is 37.8. The van der Waals surface area contributed by atoms with Gasteiger partial charge in [-0.25, -0.2) is 4.39 Å². The number of Topliss-reactive ketones (excluding diaryl/α,β-unsaturated/α-hetero) is 1. The number of carboxylic acids is 2. The summed E-state index contributed by atoms with van der Waals surface area (Å²) in [4.78, 5) is 47.7. The van der Waals surface area contributed by atoms with Gasteiger partial charge in [-0.1, -0.05) is 0 Å². The zero-order valence-electron chi connectivity index (χ0n) is 23.4. The number of halogens is 1. The van der Waals surface area contributed by atoms with Crippen molar-refractivity contribution in [2.45, 2.75) is 51.6 Å². The molecule has 1 aliphatic carbocycles. The highest BCUT2D eigenvalue weighted by molar-refractivity contribution is 6.02. The number of carboxylic acid groups (broad SMARTS) is 2. The first kappa shape index (κ1) is 30.4. The van der Waals surface area contributed by atoms with Crippen LogP contribution in [0.5, 0.6) is 23.0 Å². The van der Waals surface area contributed by atoms with E-state index in [-0.39, 0.29) is 75.2 Å². The fourth-order valence-electron chi connectivity index (χ4n) is 4.89. The van der Waals surface area contributed by atoms with E-state index >= 15 is 4.39 Å². The second-order valence-corrected chi connectivity index (χ2v) is 9.92. The molecule has 1 amide bonds. The van der Waals surface area contributed by atoms with Crippen LogP contribution in [-0.4, -0.2) is 66.2 Å². The molecule has 0 radical (unpaired) electrons. The first-order valence-electron chi connectivity index (χ1n) is 13.4. The number of nitrogens with zero attached hydrogens (tertiary/aromatic N) is 1. The Hall–Kier alpha value is -4.61. The Morgan fingerprint density at radius 3 is 2.19 bits per heavy atom. The number of ether oxygens (including phenoxy) is 4. The Morgan fingerprint density at radius 1 is 0.833 bits per heavy atom. The lowest BCUT2D eigenvalue weighted by atomic mass is 10.0. The molecule has 224 valence electrons. The molecule has 0 unspecified atom stereocenters. The van der Waals surface area contributed by atoms with Gasteiger partial charge in [-0.05, 0) is 41.0 Å². The number of hydrogen-bond acceptors (Lipinski definition) is 8. The van der Waals surface area contributed by atoms with Gasteiger partial charge in [-0.3, -0.25) is 19.2 Å². The maximum absolute atomic E-state index is 15.4. The Kier molecular flexibility index (Phi) is 9.66. The summed E-state index contributed by atoms with van der Waals surface area (Å²) in [6.45, 7) is 0.486. The summed E-state index contributed by atoms with van der Waals surface area (Å²) in [7, 11) is 2.89. The monoisotopic (exact) mass is 585 g/mol. The molecule has 4 rings (SSSR count). The van der Waals surface area contributed by atoms with Gasteiger partial charge in [0.1, 0.15) is 0 Å². The van der Waals surface area contributed by atoms with Crippen LogP contribution in [-0.2, 0) is 38.7 Å². The highest BCUT2D eigenvalue weighted by Gasteiger charge is 2.30. The lowest BCUT2D eigenvalue weighted by molar-refractivity contribution is -0.141. The number of benzene rings is 2. The van der Waals surface area contributed by atoms with Crippen LogP contribution in [0.25, 0.3) is 6.08 Å². The number of ketones is 1. The van der Waals surface area contributed by atoms with E-state index in [9.17, 15) is 19.2 Å². The van der Waals surface area contributed by atoms with Gasteiger partial charge in [0.2, 0.25) is 5.91 Å². The summed E-state index contributed by atoms with van der Waals surface area (Å²) in [6.07, 6.45) is 1.77. The maximum Gasteiger partial charge on any atom is 0.303 e. The first-order valence-corrected chi connectivity index (χ1v) is 13.4. The third kappa shape index (κ3) is 6.99. The molecule has 42 heavy (non-hydrogen) atoms. The second-order valence-electron chi connectivity index (χ2n) is 9.92. The molecule has 2 aromatic rings. The van der Waals surface area contributed by atoms with Gasteiger partial charge in [-0.15, -0.1) is 0 Å². The van der Waals surface area contributed by atoms with Crippen LogP contribution in [0.3, 0.4) is 0 Å². The fourth-order valence-corrected chi connectivity index (χ4v) is 4.89. The summed E-state index contributed by atoms with van der Waals surface area (Å²) in [5.41, 5.74) is 3.09. The molecule has 2 N–H and O–H groups in total. The normalized spacial score (nSPS) is 13.2. The van der Waals surface area contributed by atoms with E-state index in [2.05, 4.69) is 0 Å². The molecule has 0 saturated heterocycles. The quantitative estimate of drug-likeness (QED) is 0.296. The third-order valence-corrected chi connectivity index (χ3v) is 7.07. The lowest BCUT2D eigenvalue weighted by Gasteiger charge is -2.15. The molecule has 1 aliphatic heterocycles. The molecule has 0 atom stereocenters. The predicted molar refractivity (Wildman–Crippen MR) is 146 cm³/mol. The highest BCUT2D eigenvalue weighted by atomic mass is 19.1. The fraction of sp³-hybridized carbons (Fsp3) is 0.400. The molecule has 2 aliphatic rings. The van der Waals surface area contributed by atoms with Gasteiger partial charge in [0.05, 0.1) is 40.3 Å². The van der Waals surface area contributed by atoms with Crippen LogP contribution in [0.15, 0.2) is 23.8 Å². The highest BCUT2D eigenvalue weighted by Crippen LogP contribution is 2.39. The van der Waals surface area contributed by atoms with Crippen molar-refractivity contribution in [2.75, 3.05) is 27.4 Å². The molecule has 2 aromatic carbocycles. The van der Waals surface area contributed by atoms with Gasteiger partial charge < -0.3 is 34.1 Å². The van der Waals surface area contributed by atoms with E-state index < -0.39 is 17.8 Å². The SMILES string of the molecule is COc1cc2c(cc1OCCCOc1c(OC)cc3c(c1F)CN(C(=O)CCC(=O)O)C3)C=C(C(=O)CCC(=O)O)C2. The van der Waals surface area contributed by atoms with Crippen molar-refractivity contribution in [3.8, 4) is 23.0 Å². The second kappa shape index (κ2) is 13.4. The summed E-state index contributed by atoms with van der Waals surface area (Å²) in [6, 6.07) is 5.17. The van der Waals surface area contributed by atoms with Crippen LogP contribution < -0.4 is 18.9 Å². The molecule has 11 nitrogen and oxygen atoms in total. The molecule has 0 fully saturated rings. The van der Waals surface area contributed by atoms with Gasteiger partial charge in [-0.2, -0.15) is 0 Å². The topological polar surface area (TPSA) is 149 Å². The third-order valence-electron chi connectivity index (χ3n) is 7.07. The molecule has 0 spiro atoms. The number of carbonyl (C=O) groups is 4. The molecule has 12 heteroatoms. The largest absolute Gasteiger partial charge is 0.493 e. The Balaban J connectivity index is 1.34. The standard InChI is InChI=1S/C30H32FNO10/c1-39-23-12-17-10-19(22(33)4-6-27(35)36)11-18(17)13-24(23)41-8-3-9-42-30-25(40-2)14-20-15-32(16-21(20)29(30)31)26(34)5-7-28(37)38/h11-14H,3-10,15-16H2,1-2H3,(H,35,36)(H,37,38). The molecule has 0 saturated carbocycles. The molecular formula is C30H32FNO10. The van der Waals surface area contributed by atoms with E-state index in [0.717, 1.165) is 11.1 Å². The Bertz CT molecular complexity index is 1430. The minimum absolute atomic E-state index is 0.0164. The Labute approximate surface area is 241 Å². The van der Waals surface area contributed by atoms with Crippen molar-refractivity contribution >= 4 is 29.7 Å². The first-order chi connectivity index (χ1) is 20.1. The van der Waals surface area contributed by atoms with E-state index in [4.69, 9.17) is 29.2 Å². The van der Waals surface area contributed by atoms with Crippen molar-refractivity contribution < 1.29 is 52.7 Å². The number of rotatable bonds is 15. The maximum atomic E-state index is 15.4. The average Bonchev–Trinajstić information content (AvgIpc) is 3.59. The number of methoxy groups -OCH3 is 2. The number of allylic oxidation sites excluding steroid dienone is 1.